The van der Waals surface area contributed by atoms with Crippen molar-refractivity contribution in [1.82, 2.24) is 19.9 Å². The molecule has 1 saturated heterocycles. The Labute approximate surface area is 205 Å². The molecule has 0 saturated carbocycles. The second kappa shape index (κ2) is 10.7. The smallest absolute Gasteiger partial charge is 0.227 e. The minimum Gasteiger partial charge on any atom is -0.492 e. The van der Waals surface area contributed by atoms with Crippen molar-refractivity contribution in [3.63, 3.8) is 0 Å². The van der Waals surface area contributed by atoms with Gasteiger partial charge in [0.1, 0.15) is 17.9 Å². The van der Waals surface area contributed by atoms with Gasteiger partial charge in [0.25, 0.3) is 0 Å². The summed E-state index contributed by atoms with van der Waals surface area (Å²) in [6, 6.07) is 18.3. The van der Waals surface area contributed by atoms with E-state index in [0.717, 1.165) is 66.4 Å². The van der Waals surface area contributed by atoms with Gasteiger partial charge in [-0.1, -0.05) is 0 Å². The largest absolute Gasteiger partial charge is 0.492 e. The Morgan fingerprint density at radius 1 is 0.971 bits per heavy atom. The van der Waals surface area contributed by atoms with Crippen LogP contribution in [0.1, 0.15) is 0 Å². The number of nitrogens with zero attached hydrogens (tertiary/aromatic N) is 5. The Bertz CT molecular complexity index is 1260. The topological polar surface area (TPSA) is 75.6 Å². The highest BCUT2D eigenvalue weighted by atomic mass is 16.5. The zero-order valence-corrected chi connectivity index (χ0v) is 20.1. The zero-order valence-electron chi connectivity index (χ0n) is 20.1. The lowest BCUT2D eigenvalue weighted by Crippen LogP contribution is -2.36. The van der Waals surface area contributed by atoms with Gasteiger partial charge in [0.2, 0.25) is 5.95 Å². The lowest BCUT2D eigenvalue weighted by Gasteiger charge is -2.28. The van der Waals surface area contributed by atoms with Gasteiger partial charge in [-0.2, -0.15) is 0 Å². The highest BCUT2D eigenvalue weighted by Gasteiger charge is 2.12. The van der Waals surface area contributed by atoms with Crippen LogP contribution in [-0.2, 0) is 4.74 Å². The van der Waals surface area contributed by atoms with Crippen LogP contribution < -0.4 is 15.0 Å². The fraction of sp³-hybridized carbons (Fsp3) is 0.296. The number of aromatic nitrogens is 3. The Hall–Kier alpha value is -3.75. The molecule has 0 spiro atoms. The summed E-state index contributed by atoms with van der Waals surface area (Å²) in [4.78, 5) is 18.4. The van der Waals surface area contributed by atoms with Gasteiger partial charge in [0.15, 0.2) is 0 Å². The minimum absolute atomic E-state index is 0.537. The van der Waals surface area contributed by atoms with Crippen LogP contribution in [0, 0.1) is 0 Å². The molecule has 1 N–H and O–H groups in total. The van der Waals surface area contributed by atoms with Gasteiger partial charge in [-0.3, -0.25) is 4.98 Å². The van der Waals surface area contributed by atoms with Crippen LogP contribution in [0.3, 0.4) is 0 Å². The van der Waals surface area contributed by atoms with Crippen LogP contribution in [0.2, 0.25) is 0 Å². The van der Waals surface area contributed by atoms with Crippen molar-refractivity contribution in [2.45, 2.75) is 0 Å². The van der Waals surface area contributed by atoms with E-state index in [0.29, 0.717) is 12.6 Å². The first-order valence-corrected chi connectivity index (χ1v) is 11.9. The summed E-state index contributed by atoms with van der Waals surface area (Å²) in [5.74, 6) is 1.38. The molecule has 4 aromatic rings. The molecule has 0 amide bonds. The third-order valence-electron chi connectivity index (χ3n) is 5.93. The van der Waals surface area contributed by atoms with Crippen LogP contribution in [0.5, 0.6) is 5.75 Å². The minimum atomic E-state index is 0.537. The molecule has 0 radical (unpaired) electrons. The summed E-state index contributed by atoms with van der Waals surface area (Å²) in [6.45, 7) is 4.89. The molecular weight excluding hydrogens is 440 g/mol. The number of ether oxygens (including phenoxy) is 2. The van der Waals surface area contributed by atoms with Crippen molar-refractivity contribution in [2.75, 3.05) is 63.8 Å². The number of nitrogens with one attached hydrogen (secondary N) is 1. The molecule has 0 unspecified atom stereocenters. The van der Waals surface area contributed by atoms with E-state index >= 15 is 0 Å². The van der Waals surface area contributed by atoms with E-state index in [2.05, 4.69) is 49.4 Å². The maximum absolute atomic E-state index is 5.82. The highest BCUT2D eigenvalue weighted by molar-refractivity contribution is 5.91. The molecule has 2 aromatic carbocycles. The summed E-state index contributed by atoms with van der Waals surface area (Å²) in [6.07, 6.45) is 3.62. The number of rotatable bonds is 8. The van der Waals surface area contributed by atoms with E-state index in [-0.39, 0.29) is 0 Å². The molecule has 8 nitrogen and oxygen atoms in total. The third kappa shape index (κ3) is 5.67. The second-order valence-electron chi connectivity index (χ2n) is 8.74. The van der Waals surface area contributed by atoms with E-state index in [1.165, 1.54) is 5.69 Å². The lowest BCUT2D eigenvalue weighted by molar-refractivity contribution is 0.122. The third-order valence-corrected chi connectivity index (χ3v) is 5.93. The molecule has 2 aromatic heterocycles. The Morgan fingerprint density at radius 2 is 1.74 bits per heavy atom. The quantitative estimate of drug-likeness (QED) is 0.410. The van der Waals surface area contributed by atoms with Crippen LogP contribution >= 0.6 is 0 Å². The van der Waals surface area contributed by atoms with E-state index in [1.54, 1.807) is 6.20 Å². The second-order valence-corrected chi connectivity index (χ2v) is 8.74. The van der Waals surface area contributed by atoms with E-state index in [1.807, 2.05) is 50.6 Å². The van der Waals surface area contributed by atoms with E-state index in [9.17, 15) is 0 Å². The van der Waals surface area contributed by atoms with Crippen molar-refractivity contribution in [3.05, 3.63) is 67.0 Å². The molecule has 0 atom stereocenters. The van der Waals surface area contributed by atoms with Crippen molar-refractivity contribution in [1.29, 1.82) is 0 Å². The van der Waals surface area contributed by atoms with Gasteiger partial charge < -0.3 is 24.6 Å². The first-order chi connectivity index (χ1) is 17.2. The fourth-order valence-corrected chi connectivity index (χ4v) is 3.99. The molecule has 35 heavy (non-hydrogen) atoms. The lowest BCUT2D eigenvalue weighted by atomic mass is 10.1. The van der Waals surface area contributed by atoms with Crippen molar-refractivity contribution < 1.29 is 9.47 Å². The predicted molar refractivity (Wildman–Crippen MR) is 140 cm³/mol. The van der Waals surface area contributed by atoms with Crippen LogP contribution in [0.25, 0.3) is 22.2 Å². The summed E-state index contributed by atoms with van der Waals surface area (Å²) in [5.41, 5.74) is 4.73. The molecule has 0 bridgehead atoms. The number of hydrogen-bond donors (Lipinski definition) is 1. The first-order valence-electron chi connectivity index (χ1n) is 11.9. The molecule has 1 fully saturated rings. The number of hydrogen-bond acceptors (Lipinski definition) is 8. The number of fused-ring (bicyclic) bond motifs is 1. The molecular formula is C27H30N6O2. The summed E-state index contributed by atoms with van der Waals surface area (Å²) in [7, 11) is 4.06. The first kappa shape index (κ1) is 23.0. The molecule has 0 aliphatic carbocycles. The van der Waals surface area contributed by atoms with Gasteiger partial charge in [0.05, 0.1) is 18.9 Å². The number of anilines is 3. The maximum atomic E-state index is 5.82. The number of morpholine rings is 1. The fourth-order valence-electron chi connectivity index (χ4n) is 3.99. The molecule has 1 aliphatic rings. The number of pyridine rings is 1. The SMILES string of the molecule is CN(C)CCOc1ccc(-c2nccc3cnc(Nc4ccc(N5CCOCC5)cc4)nc23)cc1. The van der Waals surface area contributed by atoms with Gasteiger partial charge in [-0.25, -0.2) is 9.97 Å². The van der Waals surface area contributed by atoms with Gasteiger partial charge in [0, 0.05) is 54.4 Å². The normalized spacial score (nSPS) is 13.9. The van der Waals surface area contributed by atoms with E-state index < -0.39 is 0 Å². The summed E-state index contributed by atoms with van der Waals surface area (Å²) < 4.78 is 11.3. The predicted octanol–water partition coefficient (Wildman–Crippen LogP) is 4.21. The number of likely N-dealkylation sites (N-methyl/N-ethyl adjacent to an activating group) is 1. The van der Waals surface area contributed by atoms with Gasteiger partial charge in [-0.05, 0) is 68.7 Å². The van der Waals surface area contributed by atoms with Crippen LogP contribution in [0.15, 0.2) is 67.0 Å². The van der Waals surface area contributed by atoms with Gasteiger partial charge in [-0.15, -0.1) is 0 Å². The maximum Gasteiger partial charge on any atom is 0.227 e. The van der Waals surface area contributed by atoms with E-state index in [4.69, 9.17) is 14.5 Å². The Morgan fingerprint density at radius 3 is 2.49 bits per heavy atom. The van der Waals surface area contributed by atoms with Crippen molar-refractivity contribution in [3.8, 4) is 17.0 Å². The monoisotopic (exact) mass is 470 g/mol. The molecule has 8 heteroatoms. The summed E-state index contributed by atoms with van der Waals surface area (Å²) in [5, 5.41) is 4.27. The number of benzene rings is 2. The average Bonchev–Trinajstić information content (AvgIpc) is 2.89. The van der Waals surface area contributed by atoms with Crippen molar-refractivity contribution in [2.24, 2.45) is 0 Å². The molecule has 3 heterocycles. The Balaban J connectivity index is 1.33. The highest BCUT2D eigenvalue weighted by Crippen LogP contribution is 2.28. The standard InChI is InChI=1S/C27H30N6O2/c1-32(2)13-18-35-24-9-3-20(4-10-24)25-26-21(11-12-28-25)19-29-27(31-26)30-22-5-7-23(8-6-22)33-14-16-34-17-15-33/h3-12,19H,13-18H2,1-2H3,(H,29,30,31). The van der Waals surface area contributed by atoms with Crippen LogP contribution in [0.4, 0.5) is 17.3 Å². The van der Waals surface area contributed by atoms with Crippen LogP contribution in [-0.4, -0.2) is 73.4 Å². The summed E-state index contributed by atoms with van der Waals surface area (Å²) >= 11 is 0. The van der Waals surface area contributed by atoms with Crippen molar-refractivity contribution >= 4 is 28.2 Å². The molecule has 5 rings (SSSR count). The molecule has 180 valence electrons. The average molecular weight is 471 g/mol. The molecule has 1 aliphatic heterocycles. The zero-order chi connectivity index (χ0) is 24.0. The Kier molecular flexibility index (Phi) is 7.02. The van der Waals surface area contributed by atoms with Gasteiger partial charge >= 0.3 is 0 Å².